The van der Waals surface area contributed by atoms with Gasteiger partial charge in [0.15, 0.2) is 0 Å². The van der Waals surface area contributed by atoms with Crippen LogP contribution in [0.5, 0.6) is 5.75 Å². The van der Waals surface area contributed by atoms with Crippen LogP contribution in [0.3, 0.4) is 0 Å². The number of halogens is 1. The summed E-state index contributed by atoms with van der Waals surface area (Å²) in [6, 6.07) is 17.3. The Morgan fingerprint density at radius 2 is 1.73 bits per heavy atom. The van der Waals surface area contributed by atoms with Crippen molar-refractivity contribution in [3.63, 3.8) is 0 Å². The quantitative estimate of drug-likeness (QED) is 0.204. The van der Waals surface area contributed by atoms with Crippen LogP contribution in [0.1, 0.15) is 62.3 Å². The van der Waals surface area contributed by atoms with E-state index in [0.717, 1.165) is 10.5 Å². The molecule has 0 radical (unpaired) electrons. The van der Waals surface area contributed by atoms with Crippen molar-refractivity contribution in [1.29, 1.82) is 0 Å². The van der Waals surface area contributed by atoms with Crippen molar-refractivity contribution < 1.29 is 28.6 Å². The monoisotopic (exact) mass is 563 g/mol. The Hall–Kier alpha value is -4.24. The summed E-state index contributed by atoms with van der Waals surface area (Å²) in [7, 11) is 0. The molecule has 0 bridgehead atoms. The molecule has 8 nitrogen and oxygen atoms in total. The third kappa shape index (κ3) is 7.70. The third-order valence-corrected chi connectivity index (χ3v) is 6.73. The largest absolute Gasteiger partial charge is 0.494 e. The number of imide groups is 1. The Morgan fingerprint density at radius 1 is 1.05 bits per heavy atom. The highest BCUT2D eigenvalue weighted by Gasteiger charge is 2.47. The number of hydrogen-bond donors (Lipinski definition) is 3. The predicted molar refractivity (Wildman–Crippen MR) is 156 cm³/mol. The van der Waals surface area contributed by atoms with Crippen LogP contribution in [0, 0.1) is 12.7 Å². The van der Waals surface area contributed by atoms with Crippen LogP contribution in [0.15, 0.2) is 72.8 Å². The zero-order valence-electron chi connectivity index (χ0n) is 23.9. The number of carbonyl (C=O) groups excluding carboxylic acids is 3. The highest BCUT2D eigenvalue weighted by molar-refractivity contribution is 6.10. The number of anilines is 1. The molecule has 3 N–H and O–H groups in total. The normalized spacial score (nSPS) is 15.9. The van der Waals surface area contributed by atoms with Gasteiger partial charge in [-0.2, -0.15) is 0 Å². The molecule has 4 amide bonds. The number of carbonyl (C=O) groups is 3. The van der Waals surface area contributed by atoms with Gasteiger partial charge in [0.05, 0.1) is 12.3 Å². The number of aliphatic hydroxyl groups excluding tert-OH is 1. The number of hydrogen-bond acceptors (Lipinski definition) is 5. The number of nitrogens with one attached hydrogen (secondary N) is 2. The first-order chi connectivity index (χ1) is 19.8. The molecule has 0 saturated carbocycles. The SMILES string of the molecule is CC.Cc1ccc(NC(=O)C(C(C)c2ccccc2)N2C(=O)N[C@H](c3ccc(OCCCCO)cc3)C2=O)c(F)c1. The number of rotatable bonds is 11. The first kappa shape index (κ1) is 31.3. The molecular weight excluding hydrogens is 525 g/mol. The highest BCUT2D eigenvalue weighted by atomic mass is 19.1. The molecule has 3 aromatic carbocycles. The maximum Gasteiger partial charge on any atom is 0.325 e. The second kappa shape index (κ2) is 14.9. The smallest absolute Gasteiger partial charge is 0.325 e. The summed E-state index contributed by atoms with van der Waals surface area (Å²) in [5.41, 5.74) is 1.94. The summed E-state index contributed by atoms with van der Waals surface area (Å²) >= 11 is 0. The fraction of sp³-hybridized carbons (Fsp3) is 0.344. The summed E-state index contributed by atoms with van der Waals surface area (Å²) in [6.45, 7) is 8.03. The minimum absolute atomic E-state index is 0.0333. The lowest BCUT2D eigenvalue weighted by Gasteiger charge is -2.30. The van der Waals surface area contributed by atoms with Gasteiger partial charge in [-0.1, -0.05) is 69.3 Å². The van der Waals surface area contributed by atoms with Crippen LogP contribution in [0.4, 0.5) is 14.9 Å². The third-order valence-electron chi connectivity index (χ3n) is 6.73. The summed E-state index contributed by atoms with van der Waals surface area (Å²) in [4.78, 5) is 41.3. The lowest BCUT2D eigenvalue weighted by Crippen LogP contribution is -2.50. The van der Waals surface area contributed by atoms with Gasteiger partial charge >= 0.3 is 6.03 Å². The Labute approximate surface area is 240 Å². The van der Waals surface area contributed by atoms with Crippen molar-refractivity contribution in [2.75, 3.05) is 18.5 Å². The van der Waals surface area contributed by atoms with Crippen molar-refractivity contribution >= 4 is 23.5 Å². The number of unbranched alkanes of at least 4 members (excludes halogenated alkanes) is 1. The Kier molecular flexibility index (Phi) is 11.4. The first-order valence-corrected chi connectivity index (χ1v) is 13.9. The van der Waals surface area contributed by atoms with Crippen molar-refractivity contribution in [3.8, 4) is 5.75 Å². The van der Waals surface area contributed by atoms with E-state index in [4.69, 9.17) is 9.84 Å². The number of urea groups is 1. The molecule has 0 aliphatic carbocycles. The van der Waals surface area contributed by atoms with Crippen molar-refractivity contribution in [3.05, 3.63) is 95.3 Å². The topological polar surface area (TPSA) is 108 Å². The van der Waals surface area contributed by atoms with E-state index in [1.807, 2.05) is 44.2 Å². The molecule has 2 unspecified atom stereocenters. The van der Waals surface area contributed by atoms with E-state index in [0.29, 0.717) is 36.3 Å². The average Bonchev–Trinajstić information content (AvgIpc) is 3.28. The summed E-state index contributed by atoms with van der Waals surface area (Å²) in [5, 5.41) is 14.2. The summed E-state index contributed by atoms with van der Waals surface area (Å²) < 4.78 is 20.2. The van der Waals surface area contributed by atoms with Gasteiger partial charge in [-0.05, 0) is 60.7 Å². The number of aliphatic hydroxyl groups is 1. The van der Waals surface area contributed by atoms with E-state index in [1.165, 1.54) is 12.1 Å². The van der Waals surface area contributed by atoms with Crippen molar-refractivity contribution in [2.24, 2.45) is 0 Å². The maximum absolute atomic E-state index is 14.6. The molecule has 41 heavy (non-hydrogen) atoms. The van der Waals surface area contributed by atoms with Gasteiger partial charge in [0.2, 0.25) is 5.91 Å². The van der Waals surface area contributed by atoms with Crippen molar-refractivity contribution in [2.45, 2.75) is 58.5 Å². The van der Waals surface area contributed by atoms with E-state index in [9.17, 15) is 18.8 Å². The number of amides is 4. The Balaban J connectivity index is 0.00000226. The van der Waals surface area contributed by atoms with Crippen molar-refractivity contribution in [1.82, 2.24) is 10.2 Å². The molecule has 3 aromatic rings. The second-order valence-corrected chi connectivity index (χ2v) is 9.56. The fourth-order valence-electron chi connectivity index (χ4n) is 4.58. The molecular formula is C32H38FN3O5. The molecule has 3 atom stereocenters. The molecule has 4 rings (SSSR count). The molecule has 218 valence electrons. The molecule has 1 heterocycles. The van der Waals surface area contributed by atoms with Gasteiger partial charge in [-0.3, -0.25) is 9.59 Å². The molecule has 0 aromatic heterocycles. The van der Waals surface area contributed by atoms with Crippen LogP contribution in [-0.2, 0) is 9.59 Å². The van der Waals surface area contributed by atoms with Gasteiger partial charge in [-0.15, -0.1) is 0 Å². The molecule has 1 saturated heterocycles. The van der Waals surface area contributed by atoms with Crippen LogP contribution < -0.4 is 15.4 Å². The van der Waals surface area contributed by atoms with Gasteiger partial charge in [-0.25, -0.2) is 14.1 Å². The summed E-state index contributed by atoms with van der Waals surface area (Å²) in [6.07, 6.45) is 1.35. The summed E-state index contributed by atoms with van der Waals surface area (Å²) in [5.74, 6) is -1.85. The van der Waals surface area contributed by atoms with E-state index in [2.05, 4.69) is 10.6 Å². The molecule has 9 heteroatoms. The zero-order chi connectivity index (χ0) is 29.9. The number of ether oxygens (including phenoxy) is 1. The van der Waals surface area contributed by atoms with E-state index in [-0.39, 0.29) is 12.3 Å². The number of aryl methyl sites for hydroxylation is 1. The molecule has 1 fully saturated rings. The van der Waals surface area contributed by atoms with Crippen LogP contribution in [-0.4, -0.2) is 47.1 Å². The van der Waals surface area contributed by atoms with E-state index >= 15 is 0 Å². The molecule has 1 aliphatic rings. The van der Waals surface area contributed by atoms with Crippen LogP contribution >= 0.6 is 0 Å². The lowest BCUT2D eigenvalue weighted by molar-refractivity contribution is -0.134. The number of benzene rings is 3. The lowest BCUT2D eigenvalue weighted by atomic mass is 9.91. The standard InChI is InChI=1S/C30H32FN3O5.C2H6/c1-19-10-15-25(24(31)18-19)32-28(36)27(20(2)21-8-4-3-5-9-21)34-29(37)26(33-30(34)38)22-11-13-23(14-12-22)39-17-7-6-16-35;1-2/h3-5,8-15,18,20,26-27,35H,6-7,16-17H2,1-2H3,(H,32,36)(H,33,38);1-2H3/t20?,26-,27?;/m1./s1. The first-order valence-electron chi connectivity index (χ1n) is 13.9. The van der Waals surface area contributed by atoms with E-state index in [1.54, 1.807) is 44.2 Å². The zero-order valence-corrected chi connectivity index (χ0v) is 23.9. The Bertz CT molecular complexity index is 1320. The van der Waals surface area contributed by atoms with E-state index < -0.39 is 41.7 Å². The van der Waals surface area contributed by atoms with Crippen LogP contribution in [0.2, 0.25) is 0 Å². The van der Waals surface area contributed by atoms with Gasteiger partial charge in [0, 0.05) is 12.5 Å². The molecule has 1 aliphatic heterocycles. The fourth-order valence-corrected chi connectivity index (χ4v) is 4.58. The highest BCUT2D eigenvalue weighted by Crippen LogP contribution is 2.32. The number of nitrogens with zero attached hydrogens (tertiary/aromatic N) is 1. The Morgan fingerprint density at radius 3 is 2.37 bits per heavy atom. The van der Waals surface area contributed by atoms with Gasteiger partial charge < -0.3 is 20.5 Å². The minimum atomic E-state index is -1.24. The average molecular weight is 564 g/mol. The molecule has 0 spiro atoms. The predicted octanol–water partition coefficient (Wildman–Crippen LogP) is 5.72. The maximum atomic E-state index is 14.6. The minimum Gasteiger partial charge on any atom is -0.494 e. The second-order valence-electron chi connectivity index (χ2n) is 9.56. The van der Waals surface area contributed by atoms with Gasteiger partial charge in [0.25, 0.3) is 5.91 Å². The van der Waals surface area contributed by atoms with Crippen LogP contribution in [0.25, 0.3) is 0 Å². The van der Waals surface area contributed by atoms with Gasteiger partial charge in [0.1, 0.15) is 23.7 Å².